The zero-order chi connectivity index (χ0) is 14.4. The van der Waals surface area contributed by atoms with Crippen LogP contribution in [0.2, 0.25) is 0 Å². The molecule has 0 bridgehead atoms. The molecule has 0 heterocycles. The summed E-state index contributed by atoms with van der Waals surface area (Å²) < 4.78 is 0. The van der Waals surface area contributed by atoms with E-state index in [1.165, 1.54) is 16.7 Å². The maximum absolute atomic E-state index is 2.28. The van der Waals surface area contributed by atoms with Gasteiger partial charge in [0.15, 0.2) is 0 Å². The monoisotopic (exact) mass is 238 g/mol. The fourth-order valence-corrected chi connectivity index (χ4v) is 1.38. The fourth-order valence-electron chi connectivity index (χ4n) is 1.38. The first-order valence-corrected chi connectivity index (χ1v) is 7.18. The summed E-state index contributed by atoms with van der Waals surface area (Å²) in [7, 11) is 0. The highest BCUT2D eigenvalue weighted by Gasteiger charge is 2.01. The van der Waals surface area contributed by atoms with Crippen molar-refractivity contribution >= 4 is 0 Å². The van der Waals surface area contributed by atoms with Crippen LogP contribution in [0.4, 0.5) is 0 Å². The Morgan fingerprint density at radius 2 is 1.18 bits per heavy atom. The van der Waals surface area contributed by atoms with Crippen molar-refractivity contribution in [2.45, 2.75) is 75.2 Å². The molecule has 1 aromatic rings. The van der Waals surface area contributed by atoms with Gasteiger partial charge in [0.25, 0.3) is 0 Å². The molecule has 0 aliphatic carbocycles. The molecule has 0 fully saturated rings. The average molecular weight is 238 g/mol. The van der Waals surface area contributed by atoms with Crippen LogP contribution in [0.3, 0.4) is 0 Å². The molecule has 1 aromatic carbocycles. The van der Waals surface area contributed by atoms with Gasteiger partial charge in [0, 0.05) is 0 Å². The first kappa shape index (κ1) is 21.5. The quantitative estimate of drug-likeness (QED) is 0.523. The van der Waals surface area contributed by atoms with E-state index in [-0.39, 0.29) is 0 Å². The van der Waals surface area contributed by atoms with Gasteiger partial charge >= 0.3 is 0 Å². The first-order valence-electron chi connectivity index (χ1n) is 7.18. The van der Waals surface area contributed by atoms with Gasteiger partial charge in [-0.3, -0.25) is 0 Å². The maximum Gasteiger partial charge on any atom is -0.0216 e. The van der Waals surface area contributed by atoms with Crippen LogP contribution in [-0.2, 0) is 0 Å². The minimum Gasteiger partial charge on any atom is -0.0683 e. The standard InChI is InChI=1S/C11H16.3C2H6/c1-8(2)11-7-9(3)5-6-10(11)4;3*1-2/h5-8H,1-4H3;3*1-2H3. The van der Waals surface area contributed by atoms with Crippen LogP contribution < -0.4 is 0 Å². The third-order valence-corrected chi connectivity index (χ3v) is 2.06. The molecule has 0 heteroatoms. The second-order valence-electron chi connectivity index (χ2n) is 3.51. The van der Waals surface area contributed by atoms with E-state index >= 15 is 0 Å². The fraction of sp³-hybridized carbons (Fsp3) is 0.647. The van der Waals surface area contributed by atoms with Gasteiger partial charge in [-0.05, 0) is 30.9 Å². The molecular weight excluding hydrogens is 204 g/mol. The van der Waals surface area contributed by atoms with E-state index < -0.39 is 0 Å². The Bertz CT molecular complexity index is 246. The highest BCUT2D eigenvalue weighted by molar-refractivity contribution is 5.32. The van der Waals surface area contributed by atoms with E-state index in [2.05, 4.69) is 45.9 Å². The Morgan fingerprint density at radius 1 is 0.765 bits per heavy atom. The van der Waals surface area contributed by atoms with Crippen LogP contribution in [0, 0.1) is 13.8 Å². The Morgan fingerprint density at radius 3 is 1.47 bits per heavy atom. The van der Waals surface area contributed by atoms with Crippen molar-refractivity contribution in [3.8, 4) is 0 Å². The lowest BCUT2D eigenvalue weighted by molar-refractivity contribution is 0.854. The van der Waals surface area contributed by atoms with E-state index in [0.29, 0.717) is 5.92 Å². The van der Waals surface area contributed by atoms with E-state index in [4.69, 9.17) is 0 Å². The number of benzene rings is 1. The van der Waals surface area contributed by atoms with Crippen molar-refractivity contribution in [1.29, 1.82) is 0 Å². The number of aryl methyl sites for hydroxylation is 2. The molecule has 0 unspecified atom stereocenters. The van der Waals surface area contributed by atoms with Crippen LogP contribution in [0.15, 0.2) is 18.2 Å². The Balaban J connectivity index is -0.000000285. The summed E-state index contributed by atoms with van der Waals surface area (Å²) in [5.74, 6) is 0.648. The van der Waals surface area contributed by atoms with Gasteiger partial charge in [-0.25, -0.2) is 0 Å². The van der Waals surface area contributed by atoms with Gasteiger partial charge in [-0.2, -0.15) is 0 Å². The predicted octanol–water partition coefficient (Wildman–Crippen LogP) is 6.51. The van der Waals surface area contributed by atoms with Crippen LogP contribution >= 0.6 is 0 Å². The Kier molecular flexibility index (Phi) is 19.2. The molecule has 0 saturated carbocycles. The van der Waals surface area contributed by atoms with E-state index in [1.54, 1.807) is 0 Å². The molecule has 0 atom stereocenters. The summed E-state index contributed by atoms with van der Waals surface area (Å²) >= 11 is 0. The molecule has 17 heavy (non-hydrogen) atoms. The van der Waals surface area contributed by atoms with E-state index in [1.807, 2.05) is 41.5 Å². The Hall–Kier alpha value is -0.780. The van der Waals surface area contributed by atoms with Crippen molar-refractivity contribution in [2.24, 2.45) is 0 Å². The number of hydrogen-bond acceptors (Lipinski definition) is 0. The minimum absolute atomic E-state index is 0.648. The summed E-state index contributed by atoms with van der Waals surface area (Å²) in [6.07, 6.45) is 0. The number of rotatable bonds is 1. The average Bonchev–Trinajstić information content (AvgIpc) is 2.39. The SMILES string of the molecule is CC.CC.CC.Cc1ccc(C)c(C(C)C)c1. The molecule has 0 nitrogen and oxygen atoms in total. The molecule has 0 amide bonds. The van der Waals surface area contributed by atoms with E-state index in [0.717, 1.165) is 0 Å². The summed E-state index contributed by atoms with van der Waals surface area (Å²) in [6.45, 7) is 20.8. The van der Waals surface area contributed by atoms with Crippen molar-refractivity contribution in [3.63, 3.8) is 0 Å². The van der Waals surface area contributed by atoms with Crippen molar-refractivity contribution < 1.29 is 0 Å². The summed E-state index contributed by atoms with van der Waals surface area (Å²) in [5, 5.41) is 0. The van der Waals surface area contributed by atoms with E-state index in [9.17, 15) is 0 Å². The van der Waals surface area contributed by atoms with Gasteiger partial charge in [0.05, 0.1) is 0 Å². The van der Waals surface area contributed by atoms with Gasteiger partial charge < -0.3 is 0 Å². The van der Waals surface area contributed by atoms with Crippen molar-refractivity contribution in [3.05, 3.63) is 34.9 Å². The minimum atomic E-state index is 0.648. The maximum atomic E-state index is 2.28. The molecule has 0 aromatic heterocycles. The Labute approximate surface area is 110 Å². The smallest absolute Gasteiger partial charge is 0.0216 e. The third kappa shape index (κ3) is 10.1. The molecule has 0 aliphatic rings. The molecule has 0 aliphatic heterocycles. The van der Waals surface area contributed by atoms with Crippen molar-refractivity contribution in [1.82, 2.24) is 0 Å². The van der Waals surface area contributed by atoms with Gasteiger partial charge in [0.2, 0.25) is 0 Å². The van der Waals surface area contributed by atoms with Crippen LogP contribution in [0.1, 0.15) is 78.0 Å². The molecule has 0 saturated heterocycles. The summed E-state index contributed by atoms with van der Waals surface area (Å²) in [4.78, 5) is 0. The van der Waals surface area contributed by atoms with Gasteiger partial charge in [-0.1, -0.05) is 79.2 Å². The molecule has 1 rings (SSSR count). The third-order valence-electron chi connectivity index (χ3n) is 2.06. The lowest BCUT2D eigenvalue weighted by Crippen LogP contribution is -1.91. The second-order valence-corrected chi connectivity index (χ2v) is 3.51. The van der Waals surface area contributed by atoms with Crippen LogP contribution in [0.5, 0.6) is 0 Å². The highest BCUT2D eigenvalue weighted by Crippen LogP contribution is 2.19. The number of hydrogen-bond donors (Lipinski definition) is 0. The summed E-state index contributed by atoms with van der Waals surface area (Å²) in [5.41, 5.74) is 4.25. The topological polar surface area (TPSA) is 0 Å². The second kappa shape index (κ2) is 15.2. The van der Waals surface area contributed by atoms with Crippen LogP contribution in [-0.4, -0.2) is 0 Å². The lowest BCUT2D eigenvalue weighted by atomic mass is 9.96. The molecule has 0 N–H and O–H groups in total. The highest BCUT2D eigenvalue weighted by atomic mass is 14.1. The molecule has 0 radical (unpaired) electrons. The first-order chi connectivity index (χ1) is 8.11. The van der Waals surface area contributed by atoms with Gasteiger partial charge in [0.1, 0.15) is 0 Å². The molecule has 102 valence electrons. The normalized spacial score (nSPS) is 7.94. The lowest BCUT2D eigenvalue weighted by Gasteiger charge is -2.09. The zero-order valence-electron chi connectivity index (χ0n) is 13.8. The van der Waals surface area contributed by atoms with Gasteiger partial charge in [-0.15, -0.1) is 0 Å². The van der Waals surface area contributed by atoms with Crippen LogP contribution in [0.25, 0.3) is 0 Å². The predicted molar refractivity (Wildman–Crippen MR) is 84.0 cm³/mol. The molecule has 0 spiro atoms. The summed E-state index contributed by atoms with van der Waals surface area (Å²) in [6, 6.07) is 6.64. The van der Waals surface area contributed by atoms with Crippen molar-refractivity contribution in [2.75, 3.05) is 0 Å². The molecular formula is C17H34. The largest absolute Gasteiger partial charge is 0.0683 e. The zero-order valence-corrected chi connectivity index (χ0v) is 13.8.